The molecule has 22 heavy (non-hydrogen) atoms. The fourth-order valence-corrected chi connectivity index (χ4v) is 3.25. The van der Waals surface area contributed by atoms with Gasteiger partial charge in [-0.05, 0) is 30.9 Å². The summed E-state index contributed by atoms with van der Waals surface area (Å²) in [5, 5.41) is 12.5. The number of aliphatic hydroxyl groups excluding tert-OH is 1. The molecule has 0 spiro atoms. The van der Waals surface area contributed by atoms with Crippen molar-refractivity contribution >= 4 is 11.5 Å². The van der Waals surface area contributed by atoms with Crippen molar-refractivity contribution in [3.63, 3.8) is 0 Å². The highest BCUT2D eigenvalue weighted by atomic mass is 16.3. The largest absolute Gasteiger partial charge is 0.393 e. The van der Waals surface area contributed by atoms with Gasteiger partial charge in [0.25, 0.3) is 0 Å². The van der Waals surface area contributed by atoms with Crippen molar-refractivity contribution in [2.75, 3.05) is 26.2 Å². The molecule has 1 aromatic carbocycles. The molecule has 4 nitrogen and oxygen atoms in total. The van der Waals surface area contributed by atoms with Gasteiger partial charge in [-0.15, -0.1) is 0 Å². The minimum atomic E-state index is -0.141. The van der Waals surface area contributed by atoms with E-state index in [1.54, 1.807) is 0 Å². The fraction of sp³-hybridized carbons (Fsp3) is 0.500. The predicted molar refractivity (Wildman–Crippen MR) is 87.2 cm³/mol. The van der Waals surface area contributed by atoms with Crippen LogP contribution in [0.3, 0.4) is 0 Å². The van der Waals surface area contributed by atoms with E-state index in [0.717, 1.165) is 38.0 Å². The van der Waals surface area contributed by atoms with E-state index in [2.05, 4.69) is 22.3 Å². The molecule has 0 saturated carbocycles. The summed E-state index contributed by atoms with van der Waals surface area (Å²) >= 11 is 0. The minimum absolute atomic E-state index is 0.0365. The smallest absolute Gasteiger partial charge is 0.231 e. The Morgan fingerprint density at radius 3 is 2.64 bits per heavy atom. The number of aliphatic hydroxyl groups is 1. The molecule has 0 radical (unpaired) electrons. The average Bonchev–Trinajstić information content (AvgIpc) is 3.21. The van der Waals surface area contributed by atoms with Crippen LogP contribution in [0.1, 0.15) is 25.3 Å². The molecule has 1 aliphatic heterocycles. The number of benzene rings is 1. The Bertz CT molecular complexity index is 560. The number of hydrogen-bond donors (Lipinski definition) is 2. The van der Waals surface area contributed by atoms with Crippen LogP contribution in [0.15, 0.2) is 35.9 Å². The quantitative estimate of drug-likeness (QED) is 0.869. The molecular formula is C18H24N2O2. The predicted octanol–water partition coefficient (Wildman–Crippen LogP) is 1.66. The maximum absolute atomic E-state index is 12.3. The van der Waals surface area contributed by atoms with Crippen LogP contribution in [0.4, 0.5) is 0 Å². The van der Waals surface area contributed by atoms with Gasteiger partial charge in [0.2, 0.25) is 5.91 Å². The summed E-state index contributed by atoms with van der Waals surface area (Å²) in [6.07, 6.45) is 1.54. The third-order valence-electron chi connectivity index (χ3n) is 4.69. The second-order valence-corrected chi connectivity index (χ2v) is 6.26. The standard InChI is InChI=1S/C18H24N2O2/c1-13-16(14-5-3-2-4-6-14)17(13)18(22)19-9-12-20-10-7-15(21)8-11-20/h2-6,15,17,21H,7-12H2,1H3,(H,19,22)/t17-/m1/s1. The van der Waals surface area contributed by atoms with E-state index in [4.69, 9.17) is 0 Å². The third kappa shape index (κ3) is 3.39. The molecule has 1 atom stereocenters. The molecule has 2 aliphatic rings. The average molecular weight is 300 g/mol. The van der Waals surface area contributed by atoms with Crippen molar-refractivity contribution in [2.45, 2.75) is 25.9 Å². The van der Waals surface area contributed by atoms with E-state index in [1.165, 1.54) is 11.1 Å². The number of likely N-dealkylation sites (tertiary alicyclic amines) is 1. The number of nitrogens with one attached hydrogen (secondary N) is 1. The Balaban J connectivity index is 1.42. The summed E-state index contributed by atoms with van der Waals surface area (Å²) in [4.78, 5) is 14.6. The van der Waals surface area contributed by atoms with Gasteiger partial charge in [0.1, 0.15) is 0 Å². The van der Waals surface area contributed by atoms with Crippen LogP contribution in [0.25, 0.3) is 5.57 Å². The molecule has 118 valence electrons. The lowest BCUT2D eigenvalue weighted by Crippen LogP contribution is -2.41. The number of amides is 1. The Morgan fingerprint density at radius 2 is 1.95 bits per heavy atom. The Kier molecular flexibility index (Phi) is 4.60. The highest BCUT2D eigenvalue weighted by Crippen LogP contribution is 2.46. The molecule has 0 aromatic heterocycles. The number of rotatable bonds is 5. The molecule has 2 N–H and O–H groups in total. The molecule has 1 amide bonds. The van der Waals surface area contributed by atoms with Gasteiger partial charge < -0.3 is 15.3 Å². The topological polar surface area (TPSA) is 52.6 Å². The lowest BCUT2D eigenvalue weighted by molar-refractivity contribution is -0.121. The van der Waals surface area contributed by atoms with Gasteiger partial charge in [0.05, 0.1) is 12.0 Å². The molecule has 1 saturated heterocycles. The normalized spacial score (nSPS) is 22.7. The van der Waals surface area contributed by atoms with Gasteiger partial charge in [-0.2, -0.15) is 0 Å². The number of hydrogen-bond acceptors (Lipinski definition) is 3. The van der Waals surface area contributed by atoms with Crippen LogP contribution in [0, 0.1) is 5.92 Å². The highest BCUT2D eigenvalue weighted by molar-refractivity contribution is 6.05. The number of carbonyl (C=O) groups excluding carboxylic acids is 1. The SMILES string of the molecule is CC1=C(c2ccccc2)[C@@H]1C(=O)NCCN1CCC(O)CC1. The van der Waals surface area contributed by atoms with Crippen LogP contribution in [-0.2, 0) is 4.79 Å². The molecule has 1 aliphatic carbocycles. The summed E-state index contributed by atoms with van der Waals surface area (Å²) in [5.41, 5.74) is 3.52. The molecule has 0 bridgehead atoms. The summed E-state index contributed by atoms with van der Waals surface area (Å²) in [7, 11) is 0. The zero-order valence-corrected chi connectivity index (χ0v) is 13.1. The second-order valence-electron chi connectivity index (χ2n) is 6.26. The van der Waals surface area contributed by atoms with E-state index in [-0.39, 0.29) is 17.9 Å². The van der Waals surface area contributed by atoms with Crippen LogP contribution in [0.2, 0.25) is 0 Å². The minimum Gasteiger partial charge on any atom is -0.393 e. The lowest BCUT2D eigenvalue weighted by atomic mass is 10.1. The van der Waals surface area contributed by atoms with Crippen LogP contribution < -0.4 is 5.32 Å². The Morgan fingerprint density at radius 1 is 1.27 bits per heavy atom. The van der Waals surface area contributed by atoms with Gasteiger partial charge in [-0.1, -0.05) is 35.9 Å². The Hall–Kier alpha value is -1.65. The first-order valence-corrected chi connectivity index (χ1v) is 8.11. The first-order valence-electron chi connectivity index (χ1n) is 8.11. The van der Waals surface area contributed by atoms with E-state index in [9.17, 15) is 9.90 Å². The van der Waals surface area contributed by atoms with Gasteiger partial charge >= 0.3 is 0 Å². The summed E-state index contributed by atoms with van der Waals surface area (Å²) in [6, 6.07) is 10.1. The molecule has 0 unspecified atom stereocenters. The first kappa shape index (κ1) is 15.3. The molecule has 4 heteroatoms. The Labute approximate surface area is 131 Å². The zero-order chi connectivity index (χ0) is 15.5. The van der Waals surface area contributed by atoms with Gasteiger partial charge in [-0.25, -0.2) is 0 Å². The maximum atomic E-state index is 12.3. The number of nitrogens with zero attached hydrogens (tertiary/aromatic N) is 1. The zero-order valence-electron chi connectivity index (χ0n) is 13.1. The maximum Gasteiger partial charge on any atom is 0.231 e. The van der Waals surface area contributed by atoms with Crippen molar-refractivity contribution in [2.24, 2.45) is 5.92 Å². The van der Waals surface area contributed by atoms with E-state index in [1.807, 2.05) is 25.1 Å². The molecule has 1 heterocycles. The van der Waals surface area contributed by atoms with Crippen LogP contribution in [0.5, 0.6) is 0 Å². The number of carbonyl (C=O) groups is 1. The van der Waals surface area contributed by atoms with Crippen molar-refractivity contribution in [3.05, 3.63) is 41.5 Å². The van der Waals surface area contributed by atoms with Crippen molar-refractivity contribution in [1.82, 2.24) is 10.2 Å². The lowest BCUT2D eigenvalue weighted by Gasteiger charge is -2.29. The van der Waals surface area contributed by atoms with Gasteiger partial charge in [0.15, 0.2) is 0 Å². The highest BCUT2D eigenvalue weighted by Gasteiger charge is 2.39. The van der Waals surface area contributed by atoms with Gasteiger partial charge in [0, 0.05) is 26.2 Å². The monoisotopic (exact) mass is 300 g/mol. The van der Waals surface area contributed by atoms with Crippen molar-refractivity contribution < 1.29 is 9.90 Å². The van der Waals surface area contributed by atoms with E-state index < -0.39 is 0 Å². The van der Waals surface area contributed by atoms with Gasteiger partial charge in [-0.3, -0.25) is 4.79 Å². The third-order valence-corrected chi connectivity index (χ3v) is 4.69. The van der Waals surface area contributed by atoms with E-state index in [0.29, 0.717) is 6.54 Å². The first-order chi connectivity index (χ1) is 10.7. The second kappa shape index (κ2) is 6.63. The van der Waals surface area contributed by atoms with E-state index >= 15 is 0 Å². The van der Waals surface area contributed by atoms with Crippen LogP contribution in [-0.4, -0.2) is 48.2 Å². The van der Waals surface area contributed by atoms with Crippen molar-refractivity contribution in [1.29, 1.82) is 0 Å². The summed E-state index contributed by atoms with van der Waals surface area (Å²) in [6.45, 7) is 5.43. The molecule has 1 fully saturated rings. The summed E-state index contributed by atoms with van der Waals surface area (Å²) < 4.78 is 0. The van der Waals surface area contributed by atoms with Crippen LogP contribution >= 0.6 is 0 Å². The molecule has 3 rings (SSSR count). The number of piperidine rings is 1. The molecule has 1 aromatic rings. The summed E-state index contributed by atoms with van der Waals surface area (Å²) in [5.74, 6) is 0.0824. The fourth-order valence-electron chi connectivity index (χ4n) is 3.25. The van der Waals surface area contributed by atoms with Crippen molar-refractivity contribution in [3.8, 4) is 0 Å². The molecular weight excluding hydrogens is 276 g/mol.